The molecule has 0 radical (unpaired) electrons. The van der Waals surface area contributed by atoms with Crippen LogP contribution in [0.4, 0.5) is 4.79 Å². The lowest BCUT2D eigenvalue weighted by Gasteiger charge is -2.13. The number of carbonyl (C=O) groups excluding carboxylic acids is 3. The average Bonchev–Trinajstić information content (AvgIpc) is 2.61. The number of hydrogen-bond acceptors (Lipinski definition) is 5. The Morgan fingerprint density at radius 3 is 2.44 bits per heavy atom. The number of Topliss-reactive ketones (excluding diaryl/α,β-unsaturated/α-hetero) is 1. The van der Waals surface area contributed by atoms with Crippen molar-refractivity contribution in [1.29, 1.82) is 0 Å². The van der Waals surface area contributed by atoms with E-state index >= 15 is 0 Å². The first-order chi connectivity index (χ1) is 12.1. The molecule has 0 spiro atoms. The molecule has 1 rings (SSSR count). The second kappa shape index (κ2) is 12.1. The standard InChI is InChI=1S/C19H27NO5/c1-3-16(17(21)13-18(22)24-4-2)11-8-12-20-19(23)25-14-15-9-6-5-7-10-15/h5-7,9-10,16H,3-4,8,11-14H2,1-2H3,(H,20,23). The maximum Gasteiger partial charge on any atom is 0.407 e. The summed E-state index contributed by atoms with van der Waals surface area (Å²) in [6.45, 7) is 4.55. The van der Waals surface area contributed by atoms with Gasteiger partial charge in [0.2, 0.25) is 0 Å². The summed E-state index contributed by atoms with van der Waals surface area (Å²) in [5.41, 5.74) is 0.924. The third-order valence-electron chi connectivity index (χ3n) is 3.78. The summed E-state index contributed by atoms with van der Waals surface area (Å²) in [6.07, 6.45) is 1.27. The Morgan fingerprint density at radius 1 is 1.08 bits per heavy atom. The fraction of sp³-hybridized carbons (Fsp3) is 0.526. The van der Waals surface area contributed by atoms with Crippen LogP contribution in [0.25, 0.3) is 0 Å². The molecule has 1 N–H and O–H groups in total. The molecule has 6 nitrogen and oxygen atoms in total. The van der Waals surface area contributed by atoms with E-state index in [0.29, 0.717) is 25.8 Å². The minimum absolute atomic E-state index is 0.104. The molecule has 1 atom stereocenters. The number of alkyl carbamates (subject to hydrolysis) is 1. The normalized spacial score (nSPS) is 11.4. The molecule has 0 aliphatic heterocycles. The van der Waals surface area contributed by atoms with E-state index in [1.54, 1.807) is 6.92 Å². The van der Waals surface area contributed by atoms with Crippen molar-refractivity contribution < 1.29 is 23.9 Å². The first kappa shape index (κ1) is 20.7. The highest BCUT2D eigenvalue weighted by Crippen LogP contribution is 2.14. The van der Waals surface area contributed by atoms with Crippen LogP contribution in [0.2, 0.25) is 0 Å². The van der Waals surface area contributed by atoms with Gasteiger partial charge in [0.25, 0.3) is 0 Å². The number of rotatable bonds is 11. The maximum atomic E-state index is 12.0. The van der Waals surface area contributed by atoms with Gasteiger partial charge in [-0.1, -0.05) is 37.3 Å². The molecule has 0 saturated heterocycles. The fourth-order valence-electron chi connectivity index (χ4n) is 2.40. The highest BCUT2D eigenvalue weighted by molar-refractivity contribution is 5.96. The van der Waals surface area contributed by atoms with Gasteiger partial charge in [0.05, 0.1) is 6.61 Å². The molecule has 1 aromatic rings. The Kier molecular flexibility index (Phi) is 9.97. The Labute approximate surface area is 148 Å². The number of hydrogen-bond donors (Lipinski definition) is 1. The van der Waals surface area contributed by atoms with Gasteiger partial charge in [-0.05, 0) is 31.7 Å². The maximum absolute atomic E-state index is 12.0. The second-order valence-corrected chi connectivity index (χ2v) is 5.68. The molecule has 0 fully saturated rings. The summed E-state index contributed by atoms with van der Waals surface area (Å²) in [4.78, 5) is 35.0. The number of ether oxygens (including phenoxy) is 2. The predicted octanol–water partition coefficient (Wildman–Crippen LogP) is 3.24. The number of esters is 1. The van der Waals surface area contributed by atoms with Crippen molar-refractivity contribution in [2.45, 2.75) is 46.1 Å². The van der Waals surface area contributed by atoms with Crippen LogP contribution in [-0.2, 0) is 25.7 Å². The van der Waals surface area contributed by atoms with Crippen LogP contribution < -0.4 is 5.32 Å². The van der Waals surface area contributed by atoms with E-state index in [4.69, 9.17) is 9.47 Å². The van der Waals surface area contributed by atoms with Gasteiger partial charge in [-0.15, -0.1) is 0 Å². The molecule has 6 heteroatoms. The number of benzene rings is 1. The van der Waals surface area contributed by atoms with E-state index < -0.39 is 12.1 Å². The quantitative estimate of drug-likeness (QED) is 0.377. The summed E-state index contributed by atoms with van der Waals surface area (Å²) in [5.74, 6) is -0.771. The molecule has 1 aromatic carbocycles. The highest BCUT2D eigenvalue weighted by Gasteiger charge is 2.19. The number of ketones is 1. The Bertz CT molecular complexity index is 544. The van der Waals surface area contributed by atoms with Gasteiger partial charge in [0.15, 0.2) is 0 Å². The molecular weight excluding hydrogens is 322 g/mol. The number of carbonyl (C=O) groups is 3. The molecule has 0 aliphatic rings. The molecule has 0 saturated carbocycles. The Hall–Kier alpha value is -2.37. The zero-order chi connectivity index (χ0) is 18.5. The molecule has 138 valence electrons. The Morgan fingerprint density at radius 2 is 1.80 bits per heavy atom. The highest BCUT2D eigenvalue weighted by atomic mass is 16.5. The van der Waals surface area contributed by atoms with Crippen molar-refractivity contribution in [3.05, 3.63) is 35.9 Å². The van der Waals surface area contributed by atoms with E-state index in [-0.39, 0.29) is 31.3 Å². The average molecular weight is 349 g/mol. The summed E-state index contributed by atoms with van der Waals surface area (Å²) in [5, 5.41) is 2.67. The van der Waals surface area contributed by atoms with E-state index in [0.717, 1.165) is 5.56 Å². The molecule has 1 unspecified atom stereocenters. The molecule has 25 heavy (non-hydrogen) atoms. The fourth-order valence-corrected chi connectivity index (χ4v) is 2.40. The smallest absolute Gasteiger partial charge is 0.407 e. The largest absolute Gasteiger partial charge is 0.466 e. The first-order valence-electron chi connectivity index (χ1n) is 8.69. The van der Waals surface area contributed by atoms with Crippen LogP contribution in [0.3, 0.4) is 0 Å². The van der Waals surface area contributed by atoms with Crippen LogP contribution in [0.5, 0.6) is 0 Å². The van der Waals surface area contributed by atoms with Gasteiger partial charge >= 0.3 is 12.1 Å². The van der Waals surface area contributed by atoms with Gasteiger partial charge in [-0.25, -0.2) is 4.79 Å². The summed E-state index contributed by atoms with van der Waals surface area (Å²) in [6, 6.07) is 9.43. The number of nitrogens with one attached hydrogen (secondary N) is 1. The molecule has 0 heterocycles. The van der Waals surface area contributed by atoms with Crippen LogP contribution in [0.15, 0.2) is 30.3 Å². The Balaban J connectivity index is 2.20. The molecule has 0 aliphatic carbocycles. The van der Waals surface area contributed by atoms with Crippen molar-refractivity contribution in [3.8, 4) is 0 Å². The lowest BCUT2D eigenvalue weighted by atomic mass is 9.93. The third kappa shape index (κ3) is 8.88. The summed E-state index contributed by atoms with van der Waals surface area (Å²) < 4.78 is 9.90. The molecule has 1 amide bonds. The molecular formula is C19H27NO5. The van der Waals surface area contributed by atoms with Crippen LogP contribution in [0.1, 0.15) is 45.1 Å². The van der Waals surface area contributed by atoms with Gasteiger partial charge in [0.1, 0.15) is 18.8 Å². The lowest BCUT2D eigenvalue weighted by molar-refractivity contribution is -0.146. The van der Waals surface area contributed by atoms with Crippen molar-refractivity contribution in [3.63, 3.8) is 0 Å². The van der Waals surface area contributed by atoms with Crippen molar-refractivity contribution in [1.82, 2.24) is 5.32 Å². The van der Waals surface area contributed by atoms with Gasteiger partial charge in [-0.2, -0.15) is 0 Å². The van der Waals surface area contributed by atoms with E-state index in [1.807, 2.05) is 37.3 Å². The third-order valence-corrected chi connectivity index (χ3v) is 3.78. The van der Waals surface area contributed by atoms with Gasteiger partial charge in [-0.3, -0.25) is 9.59 Å². The lowest BCUT2D eigenvalue weighted by Crippen LogP contribution is -2.26. The van der Waals surface area contributed by atoms with E-state index in [9.17, 15) is 14.4 Å². The van der Waals surface area contributed by atoms with E-state index in [2.05, 4.69) is 5.32 Å². The minimum atomic E-state index is -0.478. The van der Waals surface area contributed by atoms with Crippen LogP contribution in [0, 0.1) is 5.92 Å². The summed E-state index contributed by atoms with van der Waals surface area (Å²) >= 11 is 0. The first-order valence-corrected chi connectivity index (χ1v) is 8.69. The van der Waals surface area contributed by atoms with Gasteiger partial charge in [0, 0.05) is 12.5 Å². The zero-order valence-corrected chi connectivity index (χ0v) is 15.0. The second-order valence-electron chi connectivity index (χ2n) is 5.68. The van der Waals surface area contributed by atoms with Crippen molar-refractivity contribution in [2.75, 3.05) is 13.2 Å². The summed E-state index contributed by atoms with van der Waals surface area (Å²) in [7, 11) is 0. The minimum Gasteiger partial charge on any atom is -0.466 e. The van der Waals surface area contributed by atoms with Crippen LogP contribution >= 0.6 is 0 Å². The zero-order valence-electron chi connectivity index (χ0n) is 15.0. The molecule has 0 bridgehead atoms. The number of amides is 1. The van der Waals surface area contributed by atoms with Crippen LogP contribution in [-0.4, -0.2) is 31.0 Å². The topological polar surface area (TPSA) is 81.7 Å². The van der Waals surface area contributed by atoms with Gasteiger partial charge < -0.3 is 14.8 Å². The van der Waals surface area contributed by atoms with E-state index in [1.165, 1.54) is 0 Å². The SMILES string of the molecule is CCOC(=O)CC(=O)C(CC)CCCNC(=O)OCc1ccccc1. The monoisotopic (exact) mass is 349 g/mol. The van der Waals surface area contributed by atoms with Crippen molar-refractivity contribution in [2.24, 2.45) is 5.92 Å². The predicted molar refractivity (Wildman–Crippen MR) is 93.9 cm³/mol. The molecule has 0 aromatic heterocycles. The van der Waals surface area contributed by atoms with Crippen molar-refractivity contribution >= 4 is 17.8 Å².